The lowest BCUT2D eigenvalue weighted by Gasteiger charge is -2.29. The summed E-state index contributed by atoms with van der Waals surface area (Å²) in [4.78, 5) is 14.2. The molecule has 1 amide bonds. The molecule has 2 fully saturated rings. The third-order valence-corrected chi connectivity index (χ3v) is 6.90. The monoisotopic (exact) mass is 397 g/mol. The lowest BCUT2D eigenvalue weighted by molar-refractivity contribution is -0.157. The summed E-state index contributed by atoms with van der Waals surface area (Å²) in [5, 5.41) is -0.943. The number of rotatable bonds is 2. The average molecular weight is 397 g/mol. The van der Waals surface area contributed by atoms with Crippen molar-refractivity contribution in [3.63, 3.8) is 0 Å². The molecule has 0 bridgehead atoms. The Morgan fingerprint density at radius 1 is 1.22 bits per heavy atom. The van der Waals surface area contributed by atoms with Gasteiger partial charge in [-0.3, -0.25) is 0 Å². The Morgan fingerprint density at radius 2 is 1.85 bits per heavy atom. The maximum atomic E-state index is 13.3. The van der Waals surface area contributed by atoms with Gasteiger partial charge in [-0.05, 0) is 46.8 Å². The first-order valence-electron chi connectivity index (χ1n) is 8.96. The molecule has 7 nitrogen and oxygen atoms in total. The van der Waals surface area contributed by atoms with Gasteiger partial charge in [0.25, 0.3) is 0 Å². The van der Waals surface area contributed by atoms with Gasteiger partial charge in [-0.2, -0.15) is 0 Å². The minimum Gasteiger partial charge on any atom is -0.444 e. The molecule has 1 aromatic rings. The summed E-state index contributed by atoms with van der Waals surface area (Å²) in [6, 6.07) is 8.22. The minimum atomic E-state index is -3.75. The highest BCUT2D eigenvalue weighted by molar-refractivity contribution is 7.92. The molecule has 0 aromatic heterocycles. The fourth-order valence-electron chi connectivity index (χ4n) is 3.56. The van der Waals surface area contributed by atoms with Crippen LogP contribution in [0.4, 0.5) is 4.79 Å². The van der Waals surface area contributed by atoms with E-state index >= 15 is 0 Å². The second-order valence-electron chi connectivity index (χ2n) is 8.56. The first-order valence-corrected chi connectivity index (χ1v) is 10.5. The second kappa shape index (κ2) is 6.46. The van der Waals surface area contributed by atoms with E-state index in [4.69, 9.17) is 14.2 Å². The van der Waals surface area contributed by atoms with Gasteiger partial charge >= 0.3 is 6.09 Å². The van der Waals surface area contributed by atoms with Crippen LogP contribution in [0, 0.1) is 0 Å². The lowest BCUT2D eigenvalue weighted by Crippen LogP contribution is -2.49. The van der Waals surface area contributed by atoms with Crippen LogP contribution in [0.5, 0.6) is 0 Å². The van der Waals surface area contributed by atoms with Crippen molar-refractivity contribution >= 4 is 15.9 Å². The topological polar surface area (TPSA) is 82.1 Å². The molecule has 8 heteroatoms. The number of ether oxygens (including phenoxy) is 3. The van der Waals surface area contributed by atoms with Crippen LogP contribution >= 0.6 is 0 Å². The van der Waals surface area contributed by atoms with Crippen molar-refractivity contribution in [1.82, 2.24) is 4.90 Å². The van der Waals surface area contributed by atoms with Crippen molar-refractivity contribution in [1.29, 1.82) is 0 Å². The van der Waals surface area contributed by atoms with Crippen LogP contribution in [-0.2, 0) is 24.0 Å². The molecule has 0 saturated carbocycles. The Bertz CT molecular complexity index is 814. The molecule has 0 aliphatic carbocycles. The number of hydrogen-bond acceptors (Lipinski definition) is 6. The zero-order valence-electron chi connectivity index (χ0n) is 16.4. The summed E-state index contributed by atoms with van der Waals surface area (Å²) < 4.78 is 43.9. The Morgan fingerprint density at radius 3 is 2.37 bits per heavy atom. The molecular formula is C19H27NO6S. The van der Waals surface area contributed by atoms with Gasteiger partial charge in [0.1, 0.15) is 16.5 Å². The van der Waals surface area contributed by atoms with Crippen LogP contribution in [0.2, 0.25) is 0 Å². The van der Waals surface area contributed by atoms with E-state index in [2.05, 4.69) is 0 Å². The molecule has 2 saturated heterocycles. The van der Waals surface area contributed by atoms with Gasteiger partial charge in [0.2, 0.25) is 0 Å². The van der Waals surface area contributed by atoms with Crippen LogP contribution < -0.4 is 0 Å². The Kier molecular flexibility index (Phi) is 4.81. The molecule has 2 heterocycles. The Hall–Kier alpha value is -1.64. The molecule has 0 unspecified atom stereocenters. The van der Waals surface area contributed by atoms with Crippen LogP contribution in [0.3, 0.4) is 0 Å². The fraction of sp³-hybridized carbons (Fsp3) is 0.632. The van der Waals surface area contributed by atoms with E-state index < -0.39 is 38.2 Å². The Labute approximate surface area is 160 Å². The molecule has 1 spiro atoms. The van der Waals surface area contributed by atoms with E-state index in [1.54, 1.807) is 65.0 Å². The lowest BCUT2D eigenvalue weighted by atomic mass is 10.0. The smallest absolute Gasteiger partial charge is 0.410 e. The van der Waals surface area contributed by atoms with Crippen LogP contribution in [0.25, 0.3) is 0 Å². The van der Waals surface area contributed by atoms with Crippen molar-refractivity contribution in [2.75, 3.05) is 19.7 Å². The summed E-state index contributed by atoms with van der Waals surface area (Å²) in [6.07, 6.45) is -0.555. The van der Waals surface area contributed by atoms with Gasteiger partial charge in [0.15, 0.2) is 15.6 Å². The van der Waals surface area contributed by atoms with Crippen LogP contribution in [-0.4, -0.2) is 61.3 Å². The highest BCUT2D eigenvalue weighted by atomic mass is 32.2. The molecule has 2 atom stereocenters. The van der Waals surface area contributed by atoms with Gasteiger partial charge in [-0.1, -0.05) is 18.2 Å². The molecular weight excluding hydrogens is 370 g/mol. The first-order chi connectivity index (χ1) is 12.3. The third kappa shape index (κ3) is 3.97. The number of benzene rings is 1. The van der Waals surface area contributed by atoms with Crippen molar-refractivity contribution < 1.29 is 27.4 Å². The van der Waals surface area contributed by atoms with Gasteiger partial charge < -0.3 is 19.1 Å². The maximum absolute atomic E-state index is 13.3. The fourth-order valence-corrected chi connectivity index (χ4v) is 5.56. The highest BCUT2D eigenvalue weighted by Gasteiger charge is 2.61. The predicted molar refractivity (Wildman–Crippen MR) is 99.1 cm³/mol. The van der Waals surface area contributed by atoms with Crippen LogP contribution in [0.1, 0.15) is 34.6 Å². The van der Waals surface area contributed by atoms with E-state index in [9.17, 15) is 13.2 Å². The molecule has 3 rings (SSSR count). The van der Waals surface area contributed by atoms with E-state index in [1.807, 2.05) is 0 Å². The number of carbonyl (C=O) groups is 1. The van der Waals surface area contributed by atoms with Crippen molar-refractivity contribution in [2.24, 2.45) is 0 Å². The molecule has 150 valence electrons. The number of likely N-dealkylation sites (tertiary alicyclic amines) is 1. The molecule has 0 radical (unpaired) electrons. The average Bonchev–Trinajstić information content (AvgIpc) is 3.07. The van der Waals surface area contributed by atoms with E-state index in [0.29, 0.717) is 0 Å². The van der Waals surface area contributed by atoms with E-state index in [0.717, 1.165) is 0 Å². The molecule has 2 aliphatic rings. The number of nitrogens with zero attached hydrogens (tertiary/aromatic N) is 1. The first kappa shape index (κ1) is 20.1. The van der Waals surface area contributed by atoms with Gasteiger partial charge in [-0.15, -0.1) is 0 Å². The molecule has 1 aromatic carbocycles. The van der Waals surface area contributed by atoms with E-state index in [1.165, 1.54) is 4.90 Å². The summed E-state index contributed by atoms with van der Waals surface area (Å²) >= 11 is 0. The summed E-state index contributed by atoms with van der Waals surface area (Å²) in [6.45, 7) is 8.98. The number of sulfone groups is 1. The third-order valence-electron chi connectivity index (χ3n) is 4.64. The van der Waals surface area contributed by atoms with Crippen LogP contribution in [0.15, 0.2) is 35.2 Å². The largest absolute Gasteiger partial charge is 0.444 e. The maximum Gasteiger partial charge on any atom is 0.410 e. The zero-order chi connectivity index (χ0) is 20.1. The zero-order valence-corrected chi connectivity index (χ0v) is 17.2. The predicted octanol–water partition coefficient (Wildman–Crippen LogP) is 2.60. The standard InChI is InChI=1S/C19H27NO6S/c1-17(2,3)25-16(21)20-11-15(19(12-20)13-24-18(4,5)26-19)27(22,23)14-9-7-6-8-10-14/h6-10,15H,11-13H2,1-5H3/t15-,19+/m0/s1. The summed E-state index contributed by atoms with van der Waals surface area (Å²) in [7, 11) is -3.75. The van der Waals surface area contributed by atoms with E-state index in [-0.39, 0.29) is 24.6 Å². The summed E-state index contributed by atoms with van der Waals surface area (Å²) in [5.74, 6) is -0.922. The highest BCUT2D eigenvalue weighted by Crippen LogP contribution is 2.42. The SMILES string of the molecule is CC(C)(C)OC(=O)N1C[C@H](S(=O)(=O)c2ccccc2)[C@]2(COC(C)(C)O2)C1. The van der Waals surface area contributed by atoms with Crippen molar-refractivity contribution in [3.8, 4) is 0 Å². The molecule has 0 N–H and O–H groups in total. The van der Waals surface area contributed by atoms with Crippen molar-refractivity contribution in [2.45, 2.75) is 61.8 Å². The molecule has 2 aliphatic heterocycles. The quantitative estimate of drug-likeness (QED) is 0.763. The number of carbonyl (C=O) groups excluding carboxylic acids is 1. The molecule has 27 heavy (non-hydrogen) atoms. The minimum absolute atomic E-state index is 0.00835. The van der Waals surface area contributed by atoms with Gasteiger partial charge in [0, 0.05) is 6.54 Å². The number of amides is 1. The number of hydrogen-bond donors (Lipinski definition) is 0. The second-order valence-corrected chi connectivity index (χ2v) is 10.7. The Balaban J connectivity index is 1.96. The van der Waals surface area contributed by atoms with Gasteiger partial charge in [0.05, 0.1) is 18.0 Å². The van der Waals surface area contributed by atoms with Crippen molar-refractivity contribution in [3.05, 3.63) is 30.3 Å². The van der Waals surface area contributed by atoms with Gasteiger partial charge in [-0.25, -0.2) is 13.2 Å². The normalized spacial score (nSPS) is 27.9. The summed E-state index contributed by atoms with van der Waals surface area (Å²) in [5.41, 5.74) is -1.80.